The fourth-order valence-electron chi connectivity index (χ4n) is 4.94. The highest BCUT2D eigenvalue weighted by molar-refractivity contribution is 5.34. The number of likely N-dealkylation sites (tertiary alicyclic amines) is 1. The van der Waals surface area contributed by atoms with Crippen molar-refractivity contribution in [1.82, 2.24) is 24.8 Å². The van der Waals surface area contributed by atoms with Crippen molar-refractivity contribution in [2.24, 2.45) is 11.8 Å². The lowest BCUT2D eigenvalue weighted by atomic mass is 9.63. The van der Waals surface area contributed by atoms with Gasteiger partial charge < -0.3 is 14.6 Å². The Hall–Kier alpha value is -2.32. The number of nitrogens with zero attached hydrogens (tertiary/aromatic N) is 5. The average Bonchev–Trinajstić information content (AvgIpc) is 2.71. The van der Waals surface area contributed by atoms with Gasteiger partial charge in [-0.2, -0.15) is 4.98 Å². The molecule has 8 nitrogen and oxygen atoms in total. The Morgan fingerprint density at radius 2 is 1.70 bits per heavy atom. The highest BCUT2D eigenvalue weighted by atomic mass is 16.5. The maximum Gasteiger partial charge on any atom is 0.319 e. The normalized spacial score (nSPS) is 26.4. The number of fused-ring (bicyclic) bond motifs is 2. The minimum Gasteiger partial charge on any atom is -0.478 e. The van der Waals surface area contributed by atoms with E-state index in [1.807, 2.05) is 33.2 Å². The van der Waals surface area contributed by atoms with Gasteiger partial charge in [-0.25, -0.2) is 15.0 Å². The molecule has 2 aromatic rings. The maximum absolute atomic E-state index is 12.0. The van der Waals surface area contributed by atoms with Gasteiger partial charge in [0.05, 0.1) is 18.8 Å². The first-order valence-electron chi connectivity index (χ1n) is 10.9. The lowest BCUT2D eigenvalue weighted by Crippen LogP contribution is -2.58. The number of hydrogen-bond acceptors (Lipinski definition) is 8. The SMILES string of the molecule is CCOc1ncc(C2(O)[C@@H]3CCC[C@H]2CN(Cc2cnc(C)nc2)C3)c(OCC)n1. The molecule has 1 aliphatic carbocycles. The van der Waals surface area contributed by atoms with Crippen LogP contribution in [-0.4, -0.2) is 56.2 Å². The molecule has 1 aliphatic heterocycles. The molecule has 1 saturated carbocycles. The summed E-state index contributed by atoms with van der Waals surface area (Å²) in [5, 5.41) is 12.0. The monoisotopic (exact) mass is 413 g/mol. The molecule has 30 heavy (non-hydrogen) atoms. The third-order valence-electron chi connectivity index (χ3n) is 6.27. The molecular weight excluding hydrogens is 382 g/mol. The van der Waals surface area contributed by atoms with Crippen molar-refractivity contribution in [2.45, 2.75) is 52.2 Å². The number of hydrogen-bond donors (Lipinski definition) is 1. The van der Waals surface area contributed by atoms with E-state index in [0.29, 0.717) is 24.7 Å². The van der Waals surface area contributed by atoms with Gasteiger partial charge in [0.2, 0.25) is 5.88 Å². The second kappa shape index (κ2) is 8.81. The number of aliphatic hydroxyl groups is 1. The van der Waals surface area contributed by atoms with Gasteiger partial charge >= 0.3 is 6.01 Å². The third kappa shape index (κ3) is 3.98. The minimum atomic E-state index is -0.992. The number of ether oxygens (including phenoxy) is 2. The summed E-state index contributed by atoms with van der Waals surface area (Å²) < 4.78 is 11.3. The van der Waals surface area contributed by atoms with Gasteiger partial charge in [-0.15, -0.1) is 0 Å². The number of piperidine rings is 1. The topological polar surface area (TPSA) is 93.5 Å². The van der Waals surface area contributed by atoms with Crippen LogP contribution in [0.3, 0.4) is 0 Å². The van der Waals surface area contributed by atoms with E-state index in [9.17, 15) is 5.11 Å². The van der Waals surface area contributed by atoms with Gasteiger partial charge in [0.1, 0.15) is 11.4 Å². The highest BCUT2D eigenvalue weighted by Gasteiger charge is 2.53. The molecule has 0 aromatic carbocycles. The molecule has 2 aromatic heterocycles. The van der Waals surface area contributed by atoms with Crippen molar-refractivity contribution in [1.29, 1.82) is 0 Å². The molecule has 2 fully saturated rings. The van der Waals surface area contributed by atoms with Crippen molar-refractivity contribution in [3.63, 3.8) is 0 Å². The Morgan fingerprint density at radius 3 is 2.33 bits per heavy atom. The van der Waals surface area contributed by atoms with Crippen molar-refractivity contribution in [2.75, 3.05) is 26.3 Å². The van der Waals surface area contributed by atoms with Crippen LogP contribution in [0, 0.1) is 18.8 Å². The molecule has 1 saturated heterocycles. The highest BCUT2D eigenvalue weighted by Crippen LogP contribution is 2.51. The molecule has 162 valence electrons. The van der Waals surface area contributed by atoms with Gasteiger partial charge in [0.25, 0.3) is 0 Å². The van der Waals surface area contributed by atoms with Crippen LogP contribution in [-0.2, 0) is 12.1 Å². The van der Waals surface area contributed by atoms with Gasteiger partial charge in [-0.3, -0.25) is 4.90 Å². The summed E-state index contributed by atoms with van der Waals surface area (Å²) in [5.74, 6) is 1.41. The quantitative estimate of drug-likeness (QED) is 0.740. The van der Waals surface area contributed by atoms with E-state index in [4.69, 9.17) is 9.47 Å². The molecule has 0 spiro atoms. The molecular formula is C22H31N5O3. The van der Waals surface area contributed by atoms with Crippen LogP contribution in [0.1, 0.15) is 50.1 Å². The molecule has 1 N–H and O–H groups in total. The second-order valence-corrected chi connectivity index (χ2v) is 8.22. The summed E-state index contributed by atoms with van der Waals surface area (Å²) in [6.45, 7) is 9.07. The summed E-state index contributed by atoms with van der Waals surface area (Å²) in [4.78, 5) is 19.8. The first-order valence-corrected chi connectivity index (χ1v) is 10.9. The van der Waals surface area contributed by atoms with E-state index in [1.54, 1.807) is 6.20 Å². The summed E-state index contributed by atoms with van der Waals surface area (Å²) in [6.07, 6.45) is 8.55. The Morgan fingerprint density at radius 1 is 1.03 bits per heavy atom. The molecule has 1 unspecified atom stereocenters. The lowest BCUT2D eigenvalue weighted by molar-refractivity contribution is -0.150. The van der Waals surface area contributed by atoms with Crippen LogP contribution in [0.15, 0.2) is 18.6 Å². The van der Waals surface area contributed by atoms with Crippen LogP contribution in [0.2, 0.25) is 0 Å². The summed E-state index contributed by atoms with van der Waals surface area (Å²) >= 11 is 0. The van der Waals surface area contributed by atoms with Crippen LogP contribution >= 0.6 is 0 Å². The van der Waals surface area contributed by atoms with E-state index < -0.39 is 5.60 Å². The number of rotatable bonds is 7. The maximum atomic E-state index is 12.0. The Balaban J connectivity index is 1.60. The van der Waals surface area contributed by atoms with E-state index in [0.717, 1.165) is 50.3 Å². The van der Waals surface area contributed by atoms with Gasteiger partial charge in [-0.1, -0.05) is 6.42 Å². The Kier molecular flexibility index (Phi) is 6.15. The van der Waals surface area contributed by atoms with Gasteiger partial charge in [-0.05, 0) is 33.6 Å². The zero-order valence-corrected chi connectivity index (χ0v) is 18.0. The van der Waals surface area contributed by atoms with E-state index in [2.05, 4.69) is 24.8 Å². The van der Waals surface area contributed by atoms with Crippen molar-refractivity contribution < 1.29 is 14.6 Å². The molecule has 2 aliphatic rings. The minimum absolute atomic E-state index is 0.0946. The smallest absolute Gasteiger partial charge is 0.319 e. The summed E-state index contributed by atoms with van der Waals surface area (Å²) in [6, 6.07) is 0.287. The fraction of sp³-hybridized carbons (Fsp3) is 0.636. The van der Waals surface area contributed by atoms with E-state index in [-0.39, 0.29) is 17.8 Å². The first-order chi connectivity index (χ1) is 14.5. The number of aromatic nitrogens is 4. The first kappa shape index (κ1) is 20.9. The van der Waals surface area contributed by atoms with Crippen LogP contribution in [0.4, 0.5) is 0 Å². The molecule has 3 heterocycles. The zero-order valence-electron chi connectivity index (χ0n) is 18.0. The van der Waals surface area contributed by atoms with Crippen molar-refractivity contribution in [3.05, 3.63) is 35.5 Å². The van der Waals surface area contributed by atoms with Crippen LogP contribution in [0.25, 0.3) is 0 Å². The summed E-state index contributed by atoms with van der Waals surface area (Å²) in [5.41, 5.74) is 0.803. The zero-order chi connectivity index (χ0) is 21.1. The summed E-state index contributed by atoms with van der Waals surface area (Å²) in [7, 11) is 0. The molecule has 4 rings (SSSR count). The predicted molar refractivity (Wildman–Crippen MR) is 111 cm³/mol. The predicted octanol–water partition coefficient (Wildman–Crippen LogP) is 2.49. The van der Waals surface area contributed by atoms with E-state index >= 15 is 0 Å². The lowest BCUT2D eigenvalue weighted by Gasteiger charge is -2.53. The Labute approximate surface area is 177 Å². The molecule has 0 radical (unpaired) electrons. The van der Waals surface area contributed by atoms with Gasteiger partial charge in [0, 0.05) is 55.6 Å². The molecule has 3 atom stereocenters. The largest absolute Gasteiger partial charge is 0.478 e. The molecule has 8 heteroatoms. The Bertz CT molecular complexity index is 846. The third-order valence-corrected chi connectivity index (χ3v) is 6.27. The second-order valence-electron chi connectivity index (χ2n) is 8.22. The number of aryl methyl sites for hydroxylation is 1. The van der Waals surface area contributed by atoms with Gasteiger partial charge in [0.15, 0.2) is 0 Å². The standard InChI is InChI=1S/C22H31N5O3/c1-4-29-20-19(11-25-21(26-20)30-5-2)22(28)17-7-6-8-18(22)14-27(13-17)12-16-9-23-15(3)24-10-16/h9-11,17-18,28H,4-8,12-14H2,1-3H3/t17-,18+,22?. The van der Waals surface area contributed by atoms with E-state index in [1.165, 1.54) is 0 Å². The van der Waals surface area contributed by atoms with Crippen LogP contribution in [0.5, 0.6) is 11.9 Å². The molecule has 0 amide bonds. The fourth-order valence-corrected chi connectivity index (χ4v) is 4.94. The molecule has 2 bridgehead atoms. The average molecular weight is 414 g/mol. The van der Waals surface area contributed by atoms with Crippen molar-refractivity contribution in [3.8, 4) is 11.9 Å². The van der Waals surface area contributed by atoms with Crippen LogP contribution < -0.4 is 9.47 Å². The van der Waals surface area contributed by atoms with Crippen molar-refractivity contribution >= 4 is 0 Å².